The van der Waals surface area contributed by atoms with Crippen LogP contribution in [0.15, 0.2) is 0 Å². The molecule has 0 spiro atoms. The van der Waals surface area contributed by atoms with Crippen LogP contribution in [0.3, 0.4) is 0 Å². The van der Waals surface area contributed by atoms with Crippen molar-refractivity contribution in [1.29, 1.82) is 0 Å². The molecule has 0 aliphatic heterocycles. The van der Waals surface area contributed by atoms with Crippen molar-refractivity contribution in [3.05, 3.63) is 0 Å². The first kappa shape index (κ1) is 14.4. The van der Waals surface area contributed by atoms with Gasteiger partial charge in [-0.15, -0.1) is 0 Å². The molecule has 0 bridgehead atoms. The van der Waals surface area contributed by atoms with E-state index in [9.17, 15) is 9.59 Å². The van der Waals surface area contributed by atoms with E-state index >= 15 is 0 Å². The third-order valence-corrected chi connectivity index (χ3v) is 3.18. The van der Waals surface area contributed by atoms with E-state index in [4.69, 9.17) is 5.11 Å². The Labute approximate surface area is 108 Å². The van der Waals surface area contributed by atoms with Gasteiger partial charge in [0.1, 0.15) is 0 Å². The lowest BCUT2D eigenvalue weighted by molar-refractivity contribution is -0.122. The van der Waals surface area contributed by atoms with Crippen molar-refractivity contribution in [1.82, 2.24) is 10.2 Å². The lowest BCUT2D eigenvalue weighted by Crippen LogP contribution is -2.29. The van der Waals surface area contributed by atoms with Crippen molar-refractivity contribution in [3.8, 4) is 11.8 Å². The van der Waals surface area contributed by atoms with Gasteiger partial charge in [0.25, 0.3) is 5.91 Å². The van der Waals surface area contributed by atoms with Gasteiger partial charge in [0, 0.05) is 26.6 Å². The Bertz CT molecular complexity index is 360. The molecule has 1 aliphatic carbocycles. The summed E-state index contributed by atoms with van der Waals surface area (Å²) in [5, 5.41) is 10.9. The standard InChI is InChI=1S/C13H20N2O3/c1-15(2)12(16)8-7-10-3-5-11(6-4-10)9-14-13(17)18/h10-11,14H,3-6,9H2,1-2H3,(H,17,18). The number of nitrogens with one attached hydrogen (secondary N) is 1. The fraction of sp³-hybridized carbons (Fsp3) is 0.692. The van der Waals surface area contributed by atoms with E-state index in [2.05, 4.69) is 17.2 Å². The summed E-state index contributed by atoms with van der Waals surface area (Å²) in [6.07, 6.45) is 2.86. The fourth-order valence-electron chi connectivity index (χ4n) is 2.02. The number of nitrogens with zero attached hydrogens (tertiary/aromatic N) is 1. The van der Waals surface area contributed by atoms with Crippen LogP contribution >= 0.6 is 0 Å². The van der Waals surface area contributed by atoms with Crippen molar-refractivity contribution in [3.63, 3.8) is 0 Å². The quantitative estimate of drug-likeness (QED) is 0.724. The molecule has 2 N–H and O–H groups in total. The summed E-state index contributed by atoms with van der Waals surface area (Å²) in [6, 6.07) is 0. The van der Waals surface area contributed by atoms with Crippen LogP contribution in [0.25, 0.3) is 0 Å². The monoisotopic (exact) mass is 252 g/mol. The average Bonchev–Trinajstić information content (AvgIpc) is 2.34. The van der Waals surface area contributed by atoms with Gasteiger partial charge in [-0.3, -0.25) is 4.79 Å². The van der Waals surface area contributed by atoms with Crippen LogP contribution in [0.4, 0.5) is 4.79 Å². The third-order valence-electron chi connectivity index (χ3n) is 3.18. The number of hydrogen-bond donors (Lipinski definition) is 2. The highest BCUT2D eigenvalue weighted by Gasteiger charge is 2.20. The first-order chi connectivity index (χ1) is 8.49. The van der Waals surface area contributed by atoms with E-state index in [0.29, 0.717) is 12.5 Å². The van der Waals surface area contributed by atoms with Crippen molar-refractivity contribution in [2.75, 3.05) is 20.6 Å². The topological polar surface area (TPSA) is 69.6 Å². The van der Waals surface area contributed by atoms with Gasteiger partial charge in [0.15, 0.2) is 0 Å². The van der Waals surface area contributed by atoms with Gasteiger partial charge < -0.3 is 15.3 Å². The molecule has 100 valence electrons. The van der Waals surface area contributed by atoms with Crippen molar-refractivity contribution in [2.45, 2.75) is 25.7 Å². The largest absolute Gasteiger partial charge is 0.465 e. The smallest absolute Gasteiger partial charge is 0.404 e. The summed E-state index contributed by atoms with van der Waals surface area (Å²) >= 11 is 0. The SMILES string of the molecule is CN(C)C(=O)C#CC1CCC(CNC(=O)O)CC1. The molecule has 5 nitrogen and oxygen atoms in total. The molecule has 0 aromatic rings. The molecule has 1 aliphatic rings. The number of amides is 2. The molecular weight excluding hydrogens is 232 g/mol. The minimum absolute atomic E-state index is 0.162. The second kappa shape index (κ2) is 6.90. The molecule has 18 heavy (non-hydrogen) atoms. The maximum Gasteiger partial charge on any atom is 0.404 e. The van der Waals surface area contributed by atoms with Crippen LogP contribution in [0.5, 0.6) is 0 Å². The zero-order chi connectivity index (χ0) is 13.5. The van der Waals surface area contributed by atoms with Gasteiger partial charge in [0.05, 0.1) is 0 Å². The highest BCUT2D eigenvalue weighted by Crippen LogP contribution is 2.27. The van der Waals surface area contributed by atoms with Crippen LogP contribution in [0, 0.1) is 23.7 Å². The second-order valence-corrected chi connectivity index (χ2v) is 4.87. The van der Waals surface area contributed by atoms with E-state index in [1.807, 2.05) is 0 Å². The summed E-state index contributed by atoms with van der Waals surface area (Å²) in [5.41, 5.74) is 0. The summed E-state index contributed by atoms with van der Waals surface area (Å²) in [7, 11) is 3.37. The first-order valence-electron chi connectivity index (χ1n) is 6.18. The van der Waals surface area contributed by atoms with E-state index in [0.717, 1.165) is 25.7 Å². The Morgan fingerprint density at radius 3 is 2.39 bits per heavy atom. The average molecular weight is 252 g/mol. The molecule has 1 saturated carbocycles. The number of rotatable bonds is 2. The van der Waals surface area contributed by atoms with Gasteiger partial charge >= 0.3 is 6.09 Å². The fourth-order valence-corrected chi connectivity index (χ4v) is 2.02. The van der Waals surface area contributed by atoms with E-state index in [1.54, 1.807) is 14.1 Å². The Morgan fingerprint density at radius 1 is 1.28 bits per heavy atom. The van der Waals surface area contributed by atoms with Crippen LogP contribution in [-0.4, -0.2) is 42.6 Å². The molecule has 5 heteroatoms. The third kappa shape index (κ3) is 5.09. The molecule has 0 heterocycles. The molecule has 1 rings (SSSR count). The van der Waals surface area contributed by atoms with E-state index in [-0.39, 0.29) is 11.8 Å². The predicted molar refractivity (Wildman–Crippen MR) is 67.9 cm³/mol. The molecular formula is C13H20N2O3. The van der Waals surface area contributed by atoms with Gasteiger partial charge in [-0.2, -0.15) is 0 Å². The van der Waals surface area contributed by atoms with Crippen LogP contribution in [-0.2, 0) is 4.79 Å². The van der Waals surface area contributed by atoms with E-state index in [1.165, 1.54) is 4.90 Å². The summed E-state index contributed by atoms with van der Waals surface area (Å²) in [5.74, 6) is 6.17. The molecule has 0 radical (unpaired) electrons. The number of carbonyl (C=O) groups is 2. The van der Waals surface area contributed by atoms with Crippen LogP contribution < -0.4 is 5.32 Å². The van der Waals surface area contributed by atoms with Crippen molar-refractivity contribution >= 4 is 12.0 Å². The molecule has 1 fully saturated rings. The normalized spacial score (nSPS) is 22.6. The van der Waals surface area contributed by atoms with Gasteiger partial charge in [-0.05, 0) is 37.5 Å². The minimum atomic E-state index is -0.964. The zero-order valence-electron chi connectivity index (χ0n) is 10.9. The van der Waals surface area contributed by atoms with Gasteiger partial charge in [0.2, 0.25) is 0 Å². The number of carbonyl (C=O) groups excluding carboxylic acids is 1. The minimum Gasteiger partial charge on any atom is -0.465 e. The van der Waals surface area contributed by atoms with E-state index < -0.39 is 6.09 Å². The van der Waals surface area contributed by atoms with Gasteiger partial charge in [-0.1, -0.05) is 5.92 Å². The molecule has 0 atom stereocenters. The number of carboxylic acid groups (broad SMARTS) is 1. The Morgan fingerprint density at radius 2 is 1.89 bits per heavy atom. The summed E-state index contributed by atoms with van der Waals surface area (Å²) in [6.45, 7) is 0.520. The molecule has 0 saturated heterocycles. The second-order valence-electron chi connectivity index (χ2n) is 4.87. The van der Waals surface area contributed by atoms with Gasteiger partial charge in [-0.25, -0.2) is 4.79 Å². The van der Waals surface area contributed by atoms with Crippen molar-refractivity contribution < 1.29 is 14.7 Å². The maximum absolute atomic E-state index is 11.3. The molecule has 0 aromatic carbocycles. The maximum atomic E-state index is 11.3. The van der Waals surface area contributed by atoms with Crippen LogP contribution in [0.1, 0.15) is 25.7 Å². The number of hydrogen-bond acceptors (Lipinski definition) is 2. The Hall–Kier alpha value is -1.70. The Balaban J connectivity index is 2.31. The van der Waals surface area contributed by atoms with Crippen molar-refractivity contribution in [2.24, 2.45) is 11.8 Å². The summed E-state index contributed by atoms with van der Waals surface area (Å²) < 4.78 is 0. The molecule has 2 amide bonds. The summed E-state index contributed by atoms with van der Waals surface area (Å²) in [4.78, 5) is 23.1. The molecule has 0 aromatic heterocycles. The zero-order valence-corrected chi connectivity index (χ0v) is 10.9. The highest BCUT2D eigenvalue weighted by molar-refractivity contribution is 5.93. The molecule has 0 unspecified atom stereocenters. The highest BCUT2D eigenvalue weighted by atomic mass is 16.4. The Kier molecular flexibility index (Phi) is 5.50. The van der Waals surface area contributed by atoms with Crippen LogP contribution in [0.2, 0.25) is 0 Å². The predicted octanol–water partition coefficient (Wildman–Crippen LogP) is 1.15. The first-order valence-corrected chi connectivity index (χ1v) is 6.18. The lowest BCUT2D eigenvalue weighted by Gasteiger charge is -2.25. The lowest BCUT2D eigenvalue weighted by atomic mass is 9.82.